The van der Waals surface area contributed by atoms with Gasteiger partial charge in [0.25, 0.3) is 0 Å². The third-order valence-corrected chi connectivity index (χ3v) is 1.94. The maximum absolute atomic E-state index is 13.3. The van der Waals surface area contributed by atoms with Crippen LogP contribution in [-0.4, -0.2) is 12.4 Å². The first-order valence-electron chi connectivity index (χ1n) is 4.42. The van der Waals surface area contributed by atoms with Crippen molar-refractivity contribution in [1.29, 1.82) is 5.26 Å². The van der Waals surface area contributed by atoms with E-state index in [9.17, 15) is 4.39 Å². The maximum atomic E-state index is 13.3. The van der Waals surface area contributed by atoms with E-state index in [1.807, 2.05) is 12.1 Å². The Bertz CT molecular complexity index is 396. The first-order chi connectivity index (χ1) is 7.27. The predicted molar refractivity (Wildman–Crippen MR) is 59.5 cm³/mol. The number of nitrogens with zero attached hydrogens (tertiary/aromatic N) is 1. The standard InChI is InChI=1S/C11H10ClFN2/c12-5-1-2-6-15-11-4-3-9(8-14)7-10(11)13/h1-4,7,15H,5-6H2/b2-1+. The smallest absolute Gasteiger partial charge is 0.147 e. The molecule has 15 heavy (non-hydrogen) atoms. The minimum atomic E-state index is -0.423. The highest BCUT2D eigenvalue weighted by atomic mass is 35.5. The number of benzene rings is 1. The minimum absolute atomic E-state index is 0.314. The van der Waals surface area contributed by atoms with Gasteiger partial charge in [0.2, 0.25) is 0 Å². The number of halogens is 2. The zero-order valence-electron chi connectivity index (χ0n) is 8.00. The van der Waals surface area contributed by atoms with Crippen molar-refractivity contribution >= 4 is 17.3 Å². The molecule has 1 aromatic rings. The Balaban J connectivity index is 2.63. The quantitative estimate of drug-likeness (QED) is 0.631. The molecule has 0 aliphatic carbocycles. The molecule has 0 unspecified atom stereocenters. The molecule has 0 amide bonds. The number of allylic oxidation sites excluding steroid dienone is 1. The van der Waals surface area contributed by atoms with Crippen molar-refractivity contribution in [2.75, 3.05) is 17.7 Å². The van der Waals surface area contributed by atoms with E-state index in [4.69, 9.17) is 16.9 Å². The monoisotopic (exact) mass is 224 g/mol. The highest BCUT2D eigenvalue weighted by Crippen LogP contribution is 2.14. The molecule has 0 aliphatic heterocycles. The summed E-state index contributed by atoms with van der Waals surface area (Å²) in [6, 6.07) is 6.18. The molecule has 4 heteroatoms. The van der Waals surface area contributed by atoms with E-state index in [1.54, 1.807) is 18.2 Å². The lowest BCUT2D eigenvalue weighted by Gasteiger charge is -2.04. The number of hydrogen-bond donors (Lipinski definition) is 1. The van der Waals surface area contributed by atoms with Gasteiger partial charge in [0.05, 0.1) is 17.3 Å². The summed E-state index contributed by atoms with van der Waals surface area (Å²) >= 11 is 5.43. The summed E-state index contributed by atoms with van der Waals surface area (Å²) in [5.74, 6) is 0.0191. The fourth-order valence-corrected chi connectivity index (χ4v) is 1.17. The molecule has 0 spiro atoms. The number of rotatable bonds is 4. The van der Waals surface area contributed by atoms with E-state index in [1.165, 1.54) is 6.07 Å². The third-order valence-electron chi connectivity index (χ3n) is 1.76. The van der Waals surface area contributed by atoms with Gasteiger partial charge in [0.15, 0.2) is 0 Å². The fourth-order valence-electron chi connectivity index (χ4n) is 1.04. The summed E-state index contributed by atoms with van der Waals surface area (Å²) in [5.41, 5.74) is 0.697. The molecule has 1 rings (SSSR count). The van der Waals surface area contributed by atoms with Crippen molar-refractivity contribution in [3.05, 3.63) is 41.7 Å². The van der Waals surface area contributed by atoms with Gasteiger partial charge in [-0.05, 0) is 18.2 Å². The lowest BCUT2D eigenvalue weighted by Crippen LogP contribution is -2.00. The molecule has 0 aliphatic rings. The van der Waals surface area contributed by atoms with E-state index in [0.29, 0.717) is 23.7 Å². The van der Waals surface area contributed by atoms with E-state index >= 15 is 0 Å². The van der Waals surface area contributed by atoms with Gasteiger partial charge in [0.1, 0.15) is 5.82 Å². The van der Waals surface area contributed by atoms with Crippen LogP contribution < -0.4 is 5.32 Å². The molecule has 78 valence electrons. The van der Waals surface area contributed by atoms with E-state index in [0.717, 1.165) is 0 Å². The first kappa shape index (κ1) is 11.5. The van der Waals surface area contributed by atoms with Gasteiger partial charge >= 0.3 is 0 Å². The van der Waals surface area contributed by atoms with E-state index in [-0.39, 0.29) is 0 Å². The van der Waals surface area contributed by atoms with Gasteiger partial charge < -0.3 is 5.32 Å². The molecule has 0 saturated carbocycles. The Kier molecular flexibility index (Phi) is 4.65. The van der Waals surface area contributed by atoms with Crippen LogP contribution >= 0.6 is 11.6 Å². The van der Waals surface area contributed by atoms with Crippen LogP contribution in [0, 0.1) is 17.1 Å². The first-order valence-corrected chi connectivity index (χ1v) is 4.96. The zero-order chi connectivity index (χ0) is 11.1. The highest BCUT2D eigenvalue weighted by molar-refractivity contribution is 6.18. The molecule has 0 radical (unpaired) electrons. The number of hydrogen-bond acceptors (Lipinski definition) is 2. The van der Waals surface area contributed by atoms with Crippen molar-refractivity contribution in [1.82, 2.24) is 0 Å². The van der Waals surface area contributed by atoms with Crippen molar-refractivity contribution in [2.24, 2.45) is 0 Å². The second-order valence-electron chi connectivity index (χ2n) is 2.81. The van der Waals surface area contributed by atoms with Crippen molar-refractivity contribution < 1.29 is 4.39 Å². The van der Waals surface area contributed by atoms with Gasteiger partial charge in [-0.15, -0.1) is 11.6 Å². The van der Waals surface area contributed by atoms with Crippen molar-refractivity contribution in [2.45, 2.75) is 0 Å². The third kappa shape index (κ3) is 3.61. The van der Waals surface area contributed by atoms with Crippen LogP contribution in [0.2, 0.25) is 0 Å². The van der Waals surface area contributed by atoms with Gasteiger partial charge in [0, 0.05) is 12.4 Å². The average molecular weight is 225 g/mol. The normalized spacial score (nSPS) is 10.2. The number of nitriles is 1. The second kappa shape index (κ2) is 6.05. The largest absolute Gasteiger partial charge is 0.379 e. The molecule has 0 heterocycles. The van der Waals surface area contributed by atoms with Gasteiger partial charge in [-0.25, -0.2) is 4.39 Å². The van der Waals surface area contributed by atoms with E-state index < -0.39 is 5.82 Å². The number of nitrogens with one attached hydrogen (secondary N) is 1. The van der Waals surface area contributed by atoms with Crippen LogP contribution in [0.1, 0.15) is 5.56 Å². The maximum Gasteiger partial charge on any atom is 0.147 e. The molecular weight excluding hydrogens is 215 g/mol. The molecule has 1 N–H and O–H groups in total. The van der Waals surface area contributed by atoms with Crippen LogP contribution in [0.3, 0.4) is 0 Å². The zero-order valence-corrected chi connectivity index (χ0v) is 8.76. The van der Waals surface area contributed by atoms with Gasteiger partial charge in [-0.3, -0.25) is 0 Å². The molecule has 0 atom stereocenters. The average Bonchev–Trinajstić information content (AvgIpc) is 2.26. The SMILES string of the molecule is N#Cc1ccc(NC/C=C/CCl)c(F)c1. The topological polar surface area (TPSA) is 35.8 Å². The number of anilines is 1. The summed E-state index contributed by atoms with van der Waals surface area (Å²) in [4.78, 5) is 0. The Morgan fingerprint density at radius 1 is 1.47 bits per heavy atom. The molecule has 0 bridgehead atoms. The Morgan fingerprint density at radius 3 is 2.87 bits per heavy atom. The van der Waals surface area contributed by atoms with Gasteiger partial charge in [-0.1, -0.05) is 12.2 Å². The predicted octanol–water partition coefficient (Wildman–Crippen LogP) is 2.90. The lowest BCUT2D eigenvalue weighted by molar-refractivity contribution is 0.630. The van der Waals surface area contributed by atoms with Crippen LogP contribution in [0.25, 0.3) is 0 Å². The lowest BCUT2D eigenvalue weighted by atomic mass is 10.2. The summed E-state index contributed by atoms with van der Waals surface area (Å²) in [6.07, 6.45) is 3.58. The number of alkyl halides is 1. The minimum Gasteiger partial charge on any atom is -0.379 e. The Morgan fingerprint density at radius 2 is 2.27 bits per heavy atom. The van der Waals surface area contributed by atoms with Crippen molar-refractivity contribution in [3.63, 3.8) is 0 Å². The molecular formula is C11H10ClFN2. The molecule has 0 fully saturated rings. The van der Waals surface area contributed by atoms with Crippen LogP contribution in [0.15, 0.2) is 30.4 Å². The van der Waals surface area contributed by atoms with Crippen LogP contribution in [-0.2, 0) is 0 Å². The van der Waals surface area contributed by atoms with Gasteiger partial charge in [-0.2, -0.15) is 5.26 Å². The van der Waals surface area contributed by atoms with Crippen molar-refractivity contribution in [3.8, 4) is 6.07 Å². The summed E-state index contributed by atoms with van der Waals surface area (Å²) < 4.78 is 13.3. The Labute approximate surface area is 93.0 Å². The summed E-state index contributed by atoms with van der Waals surface area (Å²) in [7, 11) is 0. The summed E-state index contributed by atoms with van der Waals surface area (Å²) in [6.45, 7) is 0.509. The summed E-state index contributed by atoms with van der Waals surface area (Å²) in [5, 5.41) is 11.4. The molecule has 1 aromatic carbocycles. The van der Waals surface area contributed by atoms with Crippen LogP contribution in [0.5, 0.6) is 0 Å². The molecule has 0 aromatic heterocycles. The second-order valence-corrected chi connectivity index (χ2v) is 3.12. The van der Waals surface area contributed by atoms with E-state index in [2.05, 4.69) is 5.32 Å². The highest BCUT2D eigenvalue weighted by Gasteiger charge is 2.01. The van der Waals surface area contributed by atoms with Crippen LogP contribution in [0.4, 0.5) is 10.1 Å². The Hall–Kier alpha value is -1.53. The fraction of sp³-hybridized carbons (Fsp3) is 0.182. The molecule has 2 nitrogen and oxygen atoms in total. The molecule has 0 saturated heterocycles.